The molecule has 1 N–H and O–H groups in total. The van der Waals surface area contributed by atoms with E-state index in [2.05, 4.69) is 5.32 Å². The van der Waals surface area contributed by atoms with E-state index in [4.69, 9.17) is 5.26 Å². The molecule has 0 radical (unpaired) electrons. The molecule has 2 rings (SSSR count). The lowest BCUT2D eigenvalue weighted by atomic mass is 10.1. The van der Waals surface area contributed by atoms with Gasteiger partial charge in [0.2, 0.25) is 0 Å². The van der Waals surface area contributed by atoms with Crippen LogP contribution in [0.1, 0.15) is 18.9 Å². The maximum absolute atomic E-state index is 11.2. The molecule has 1 fully saturated rings. The number of nitrogens with one attached hydrogen (secondary N) is 1. The van der Waals surface area contributed by atoms with Crippen molar-refractivity contribution in [2.45, 2.75) is 19.4 Å². The average Bonchev–Trinajstić information content (AvgIpc) is 2.93. The van der Waals surface area contributed by atoms with Crippen molar-refractivity contribution in [3.8, 4) is 6.07 Å². The molecule has 0 saturated carbocycles. The minimum Gasteiger partial charge on any atom is -0.362 e. The molecule has 1 aliphatic rings. The first-order valence-electron chi connectivity index (χ1n) is 6.33. The van der Waals surface area contributed by atoms with Gasteiger partial charge in [-0.05, 0) is 32.0 Å². The molecule has 0 amide bonds. The van der Waals surface area contributed by atoms with Gasteiger partial charge in [0.15, 0.2) is 0 Å². The van der Waals surface area contributed by atoms with Crippen LogP contribution >= 0.6 is 0 Å². The molecule has 100 valence electrons. The van der Waals surface area contributed by atoms with Gasteiger partial charge >= 0.3 is 0 Å². The number of likely N-dealkylation sites (N-methyl/N-ethyl adjacent to an activating group) is 1. The monoisotopic (exact) mass is 260 g/mol. The van der Waals surface area contributed by atoms with Crippen LogP contribution in [-0.2, 0) is 0 Å². The summed E-state index contributed by atoms with van der Waals surface area (Å²) in [6.07, 6.45) is 0.977. The molecule has 1 atom stereocenters. The summed E-state index contributed by atoms with van der Waals surface area (Å²) in [6, 6.07) is 6.87. The highest BCUT2D eigenvalue weighted by atomic mass is 16.6. The highest BCUT2D eigenvalue weighted by Gasteiger charge is 2.27. The van der Waals surface area contributed by atoms with Crippen molar-refractivity contribution in [2.24, 2.45) is 0 Å². The highest BCUT2D eigenvalue weighted by molar-refractivity contribution is 5.66. The van der Waals surface area contributed by atoms with E-state index in [1.807, 2.05) is 17.9 Å². The van der Waals surface area contributed by atoms with Gasteiger partial charge in [-0.2, -0.15) is 5.26 Å². The molecule has 1 heterocycles. The average molecular weight is 260 g/mol. The molecule has 6 nitrogen and oxygen atoms in total. The Labute approximate surface area is 111 Å². The second kappa shape index (κ2) is 5.67. The van der Waals surface area contributed by atoms with E-state index in [1.54, 1.807) is 12.1 Å². The fourth-order valence-electron chi connectivity index (χ4n) is 2.51. The van der Waals surface area contributed by atoms with E-state index in [-0.39, 0.29) is 11.7 Å². The zero-order valence-electron chi connectivity index (χ0n) is 10.8. The third kappa shape index (κ3) is 2.66. The predicted octanol–water partition coefficient (Wildman–Crippen LogP) is 1.65. The van der Waals surface area contributed by atoms with Gasteiger partial charge in [-0.15, -0.1) is 0 Å². The first-order chi connectivity index (χ1) is 9.17. The zero-order chi connectivity index (χ0) is 13.8. The molecule has 0 aromatic heterocycles. The summed E-state index contributed by atoms with van der Waals surface area (Å²) >= 11 is 0. The quantitative estimate of drug-likeness (QED) is 0.657. The Morgan fingerprint density at radius 3 is 2.95 bits per heavy atom. The molecule has 0 bridgehead atoms. The van der Waals surface area contributed by atoms with Crippen molar-refractivity contribution in [3.63, 3.8) is 0 Å². The van der Waals surface area contributed by atoms with Gasteiger partial charge in [0.05, 0.1) is 16.6 Å². The minimum absolute atomic E-state index is 0.00722. The number of anilines is 1. The van der Waals surface area contributed by atoms with Crippen LogP contribution in [0.15, 0.2) is 18.2 Å². The lowest BCUT2D eigenvalue weighted by Crippen LogP contribution is -2.37. The Morgan fingerprint density at radius 1 is 1.63 bits per heavy atom. The first kappa shape index (κ1) is 13.3. The molecule has 1 aliphatic heterocycles. The third-order valence-corrected chi connectivity index (χ3v) is 3.43. The van der Waals surface area contributed by atoms with Crippen LogP contribution in [0.4, 0.5) is 11.4 Å². The number of rotatable bonds is 4. The van der Waals surface area contributed by atoms with Crippen molar-refractivity contribution in [2.75, 3.05) is 24.5 Å². The Balaban J connectivity index is 2.41. The molecule has 1 saturated heterocycles. The lowest BCUT2D eigenvalue weighted by Gasteiger charge is -2.29. The van der Waals surface area contributed by atoms with Crippen molar-refractivity contribution < 1.29 is 4.92 Å². The maximum Gasteiger partial charge on any atom is 0.293 e. The van der Waals surface area contributed by atoms with Gasteiger partial charge in [-0.25, -0.2) is 0 Å². The number of hydrogen-bond donors (Lipinski definition) is 1. The second-order valence-corrected chi connectivity index (χ2v) is 4.51. The highest BCUT2D eigenvalue weighted by Crippen LogP contribution is 2.31. The molecule has 6 heteroatoms. The van der Waals surface area contributed by atoms with Gasteiger partial charge in [0.1, 0.15) is 5.69 Å². The Morgan fingerprint density at radius 2 is 2.42 bits per heavy atom. The normalized spacial score (nSPS) is 18.0. The second-order valence-electron chi connectivity index (χ2n) is 4.51. The molecule has 1 unspecified atom stereocenters. The van der Waals surface area contributed by atoms with Crippen molar-refractivity contribution in [1.29, 1.82) is 5.26 Å². The van der Waals surface area contributed by atoms with Crippen LogP contribution < -0.4 is 10.2 Å². The maximum atomic E-state index is 11.2. The Hall–Kier alpha value is -2.13. The Kier molecular flexibility index (Phi) is 3.97. The molecular formula is C13H16N4O2. The van der Waals surface area contributed by atoms with Gasteiger partial charge in [0, 0.05) is 25.2 Å². The van der Waals surface area contributed by atoms with Gasteiger partial charge < -0.3 is 10.2 Å². The SMILES string of the molecule is CCN(c1ccc(C#N)cc1[N+](=O)[O-])C1CCNC1. The molecule has 19 heavy (non-hydrogen) atoms. The predicted molar refractivity (Wildman–Crippen MR) is 72.1 cm³/mol. The number of hydrogen-bond acceptors (Lipinski definition) is 5. The molecular weight excluding hydrogens is 244 g/mol. The molecule has 1 aromatic rings. The van der Waals surface area contributed by atoms with E-state index in [1.165, 1.54) is 6.07 Å². The number of nitrogens with zero attached hydrogens (tertiary/aromatic N) is 3. The zero-order valence-corrected chi connectivity index (χ0v) is 10.8. The fourth-order valence-corrected chi connectivity index (χ4v) is 2.51. The first-order valence-corrected chi connectivity index (χ1v) is 6.33. The topological polar surface area (TPSA) is 82.2 Å². The number of benzene rings is 1. The molecule has 1 aromatic carbocycles. The Bertz CT molecular complexity index is 518. The lowest BCUT2D eigenvalue weighted by molar-refractivity contribution is -0.384. The van der Waals surface area contributed by atoms with Crippen molar-refractivity contribution in [3.05, 3.63) is 33.9 Å². The summed E-state index contributed by atoms with van der Waals surface area (Å²) in [5.41, 5.74) is 0.920. The molecule has 0 aliphatic carbocycles. The van der Waals surface area contributed by atoms with E-state index < -0.39 is 4.92 Å². The summed E-state index contributed by atoms with van der Waals surface area (Å²) in [7, 11) is 0. The van der Waals surface area contributed by atoms with Crippen molar-refractivity contribution >= 4 is 11.4 Å². The van der Waals surface area contributed by atoms with E-state index in [0.29, 0.717) is 17.8 Å². The van der Waals surface area contributed by atoms with Crippen LogP contribution in [-0.4, -0.2) is 30.6 Å². The third-order valence-electron chi connectivity index (χ3n) is 3.43. The van der Waals surface area contributed by atoms with Crippen LogP contribution in [0.2, 0.25) is 0 Å². The van der Waals surface area contributed by atoms with Gasteiger partial charge in [0.25, 0.3) is 5.69 Å². The fraction of sp³-hybridized carbons (Fsp3) is 0.462. The number of nitro benzene ring substituents is 1. The number of nitro groups is 1. The summed E-state index contributed by atoms with van der Waals surface area (Å²) in [5, 5.41) is 23.3. The van der Waals surface area contributed by atoms with Gasteiger partial charge in [-0.3, -0.25) is 10.1 Å². The summed E-state index contributed by atoms with van der Waals surface area (Å²) < 4.78 is 0. The van der Waals surface area contributed by atoms with Crippen LogP contribution in [0.25, 0.3) is 0 Å². The van der Waals surface area contributed by atoms with Crippen LogP contribution in [0, 0.1) is 21.4 Å². The molecule has 0 spiro atoms. The van der Waals surface area contributed by atoms with Crippen LogP contribution in [0.5, 0.6) is 0 Å². The standard InChI is InChI=1S/C13H16N4O2/c1-2-16(11-5-6-15-9-11)12-4-3-10(8-14)7-13(12)17(18)19/h3-4,7,11,15H,2,5-6,9H2,1H3. The largest absolute Gasteiger partial charge is 0.362 e. The summed E-state index contributed by atoms with van der Waals surface area (Å²) in [5.74, 6) is 0. The summed E-state index contributed by atoms with van der Waals surface area (Å²) in [6.45, 7) is 4.47. The summed E-state index contributed by atoms with van der Waals surface area (Å²) in [4.78, 5) is 12.8. The van der Waals surface area contributed by atoms with Crippen LogP contribution in [0.3, 0.4) is 0 Å². The van der Waals surface area contributed by atoms with Crippen molar-refractivity contribution in [1.82, 2.24) is 5.32 Å². The van der Waals surface area contributed by atoms with E-state index >= 15 is 0 Å². The minimum atomic E-state index is -0.415. The number of nitriles is 1. The van der Waals surface area contributed by atoms with E-state index in [9.17, 15) is 10.1 Å². The van der Waals surface area contributed by atoms with Gasteiger partial charge in [-0.1, -0.05) is 0 Å². The smallest absolute Gasteiger partial charge is 0.293 e. The van der Waals surface area contributed by atoms with E-state index in [0.717, 1.165) is 19.5 Å².